The third-order valence-corrected chi connectivity index (χ3v) is 10.1. The first-order valence-electron chi connectivity index (χ1n) is 13.8. The molecule has 1 N–H and O–H groups in total. The Morgan fingerprint density at radius 3 is 2.29 bits per heavy atom. The lowest BCUT2D eigenvalue weighted by molar-refractivity contribution is -0.139. The number of benzene rings is 3. The van der Waals surface area contributed by atoms with Crippen LogP contribution in [0.3, 0.4) is 0 Å². The highest BCUT2D eigenvalue weighted by Crippen LogP contribution is 2.31. The van der Waals surface area contributed by atoms with Gasteiger partial charge in [0.15, 0.2) is 0 Å². The maximum absolute atomic E-state index is 14.1. The summed E-state index contributed by atoms with van der Waals surface area (Å²) in [5, 5.41) is 3.62. The minimum absolute atomic E-state index is 0.0140. The van der Waals surface area contributed by atoms with E-state index >= 15 is 0 Å². The molecule has 0 aliphatic heterocycles. The normalized spacial score (nSPS) is 14.3. The van der Waals surface area contributed by atoms with Gasteiger partial charge in [-0.3, -0.25) is 13.9 Å². The van der Waals surface area contributed by atoms with Crippen molar-refractivity contribution < 1.29 is 22.7 Å². The summed E-state index contributed by atoms with van der Waals surface area (Å²) >= 11 is 9.44. The molecule has 8 nitrogen and oxygen atoms in total. The quantitative estimate of drug-likeness (QED) is 0.265. The van der Waals surface area contributed by atoms with Crippen molar-refractivity contribution in [3.8, 4) is 5.75 Å². The number of methoxy groups -OCH3 is 1. The fourth-order valence-corrected chi connectivity index (χ4v) is 7.19. The van der Waals surface area contributed by atoms with Crippen LogP contribution in [-0.2, 0) is 26.2 Å². The summed E-state index contributed by atoms with van der Waals surface area (Å²) in [4.78, 5) is 28.8. The Kier molecular flexibility index (Phi) is 10.6. The van der Waals surface area contributed by atoms with Gasteiger partial charge in [-0.25, -0.2) is 8.42 Å². The first-order valence-corrected chi connectivity index (χ1v) is 16.4. The highest BCUT2D eigenvalue weighted by Gasteiger charge is 2.33. The maximum Gasteiger partial charge on any atom is 0.264 e. The van der Waals surface area contributed by atoms with Crippen molar-refractivity contribution in [3.05, 3.63) is 87.4 Å². The van der Waals surface area contributed by atoms with Crippen LogP contribution in [0, 0.1) is 6.92 Å². The van der Waals surface area contributed by atoms with Crippen molar-refractivity contribution in [1.82, 2.24) is 10.2 Å². The van der Waals surface area contributed by atoms with Crippen LogP contribution in [0.4, 0.5) is 5.69 Å². The molecule has 1 aliphatic rings. The first-order chi connectivity index (χ1) is 20.0. The molecule has 1 saturated carbocycles. The number of carbonyl (C=O) groups is 2. The van der Waals surface area contributed by atoms with Gasteiger partial charge >= 0.3 is 0 Å². The molecule has 0 saturated heterocycles. The predicted octanol–water partition coefficient (Wildman–Crippen LogP) is 6.09. The van der Waals surface area contributed by atoms with E-state index in [4.69, 9.17) is 16.3 Å². The van der Waals surface area contributed by atoms with E-state index in [9.17, 15) is 18.0 Å². The summed E-state index contributed by atoms with van der Waals surface area (Å²) in [5.41, 5.74) is 2.03. The van der Waals surface area contributed by atoms with Gasteiger partial charge in [0.2, 0.25) is 11.8 Å². The molecule has 224 valence electrons. The molecule has 11 heteroatoms. The van der Waals surface area contributed by atoms with Gasteiger partial charge in [-0.1, -0.05) is 54.3 Å². The topological polar surface area (TPSA) is 96.0 Å². The van der Waals surface area contributed by atoms with Gasteiger partial charge < -0.3 is 15.0 Å². The van der Waals surface area contributed by atoms with E-state index in [1.165, 1.54) is 24.1 Å². The molecular formula is C31H35BrClN3O5S. The molecule has 1 aliphatic carbocycles. The molecule has 0 spiro atoms. The van der Waals surface area contributed by atoms with Crippen LogP contribution in [0.15, 0.2) is 76.1 Å². The number of hydrogen-bond donors (Lipinski definition) is 1. The number of aryl methyl sites for hydroxylation is 1. The second-order valence-electron chi connectivity index (χ2n) is 10.5. The molecule has 3 aromatic carbocycles. The Morgan fingerprint density at radius 1 is 1.05 bits per heavy atom. The molecule has 1 atom stereocenters. The van der Waals surface area contributed by atoms with Crippen LogP contribution in [0.25, 0.3) is 0 Å². The number of hydrogen-bond acceptors (Lipinski definition) is 5. The second kappa shape index (κ2) is 13.9. The Hall–Kier alpha value is -3.08. The van der Waals surface area contributed by atoms with Gasteiger partial charge in [-0.05, 0) is 90.6 Å². The van der Waals surface area contributed by atoms with Crippen LogP contribution in [0.5, 0.6) is 5.75 Å². The molecule has 4 rings (SSSR count). The number of anilines is 1. The first kappa shape index (κ1) is 31.8. The molecule has 3 aromatic rings. The van der Waals surface area contributed by atoms with Crippen molar-refractivity contribution in [2.24, 2.45) is 0 Å². The average Bonchev–Trinajstić information content (AvgIpc) is 3.48. The minimum Gasteiger partial charge on any atom is -0.496 e. The van der Waals surface area contributed by atoms with E-state index < -0.39 is 28.5 Å². The summed E-state index contributed by atoms with van der Waals surface area (Å²) in [7, 11) is -2.71. The number of nitrogens with one attached hydrogen (secondary N) is 1. The summed E-state index contributed by atoms with van der Waals surface area (Å²) < 4.78 is 34.9. The lowest BCUT2D eigenvalue weighted by Gasteiger charge is -2.32. The molecule has 0 bridgehead atoms. The number of rotatable bonds is 11. The van der Waals surface area contributed by atoms with Crippen molar-refractivity contribution in [1.29, 1.82) is 0 Å². The van der Waals surface area contributed by atoms with Gasteiger partial charge in [-0.2, -0.15) is 0 Å². The van der Waals surface area contributed by atoms with E-state index in [-0.39, 0.29) is 23.4 Å². The number of ether oxygens (including phenoxy) is 1. The van der Waals surface area contributed by atoms with Crippen LogP contribution in [-0.4, -0.2) is 50.9 Å². The molecule has 42 heavy (non-hydrogen) atoms. The van der Waals surface area contributed by atoms with Gasteiger partial charge in [-0.15, -0.1) is 0 Å². The maximum atomic E-state index is 14.1. The minimum atomic E-state index is -4.20. The molecule has 2 amide bonds. The summed E-state index contributed by atoms with van der Waals surface area (Å²) in [5.74, 6) is -0.313. The molecule has 0 radical (unpaired) electrons. The third kappa shape index (κ3) is 7.65. The Balaban J connectivity index is 1.69. The van der Waals surface area contributed by atoms with Crippen LogP contribution < -0.4 is 14.4 Å². The van der Waals surface area contributed by atoms with Gasteiger partial charge in [0.1, 0.15) is 18.3 Å². The zero-order valence-electron chi connectivity index (χ0n) is 23.8. The Labute approximate surface area is 261 Å². The van der Waals surface area contributed by atoms with Crippen molar-refractivity contribution >= 4 is 55.1 Å². The number of carbonyl (C=O) groups excluding carboxylic acids is 2. The summed E-state index contributed by atoms with van der Waals surface area (Å²) in [6.45, 7) is 3.16. The van der Waals surface area contributed by atoms with E-state index in [1.807, 2.05) is 6.92 Å². The standard InChI is InChI=1S/C31H35BrClN3O5S/c1-21-8-14-26(15-9-21)36(42(39,40)27-16-17-29(41-3)28(32)18-27)20-30(37)35(19-23-10-12-24(33)13-11-23)22(2)31(38)34-25-6-4-5-7-25/h8-18,22,25H,4-7,19-20H2,1-3H3,(H,34,38). The Bertz CT molecular complexity index is 1510. The Morgan fingerprint density at radius 2 is 1.69 bits per heavy atom. The van der Waals surface area contributed by atoms with Crippen molar-refractivity contribution in [2.45, 2.75) is 63.1 Å². The molecule has 1 fully saturated rings. The molecule has 0 aromatic heterocycles. The number of sulfonamides is 1. The van der Waals surface area contributed by atoms with Gasteiger partial charge in [0, 0.05) is 17.6 Å². The number of amides is 2. The van der Waals surface area contributed by atoms with Gasteiger partial charge in [0.05, 0.1) is 22.2 Å². The number of halogens is 2. The lowest BCUT2D eigenvalue weighted by Crippen LogP contribution is -2.52. The molecule has 1 unspecified atom stereocenters. The predicted molar refractivity (Wildman–Crippen MR) is 168 cm³/mol. The number of nitrogens with zero attached hydrogens (tertiary/aromatic N) is 2. The molecular weight excluding hydrogens is 642 g/mol. The zero-order valence-corrected chi connectivity index (χ0v) is 27.0. The highest BCUT2D eigenvalue weighted by atomic mass is 79.9. The van der Waals surface area contributed by atoms with Gasteiger partial charge in [0.25, 0.3) is 10.0 Å². The smallest absolute Gasteiger partial charge is 0.264 e. The summed E-state index contributed by atoms with van der Waals surface area (Å²) in [6.07, 6.45) is 3.91. The lowest BCUT2D eigenvalue weighted by atomic mass is 10.1. The largest absolute Gasteiger partial charge is 0.496 e. The molecule has 0 heterocycles. The van der Waals surface area contributed by atoms with Crippen molar-refractivity contribution in [3.63, 3.8) is 0 Å². The van der Waals surface area contributed by atoms with E-state index in [2.05, 4.69) is 21.2 Å². The monoisotopic (exact) mass is 675 g/mol. The van der Waals surface area contributed by atoms with E-state index in [0.717, 1.165) is 41.1 Å². The fraction of sp³-hybridized carbons (Fsp3) is 0.355. The van der Waals surface area contributed by atoms with E-state index in [1.54, 1.807) is 61.5 Å². The SMILES string of the molecule is COc1ccc(S(=O)(=O)N(CC(=O)N(Cc2ccc(Cl)cc2)C(C)C(=O)NC2CCCC2)c2ccc(C)cc2)cc1Br. The zero-order chi connectivity index (χ0) is 30.4. The third-order valence-electron chi connectivity index (χ3n) is 7.45. The average molecular weight is 677 g/mol. The highest BCUT2D eigenvalue weighted by molar-refractivity contribution is 9.10. The summed E-state index contributed by atoms with van der Waals surface area (Å²) in [6, 6.07) is 17.6. The van der Waals surface area contributed by atoms with Crippen molar-refractivity contribution in [2.75, 3.05) is 18.0 Å². The fourth-order valence-electron chi connectivity index (χ4n) is 4.94. The van der Waals surface area contributed by atoms with Crippen LogP contribution >= 0.6 is 27.5 Å². The van der Waals surface area contributed by atoms with E-state index in [0.29, 0.717) is 20.9 Å². The second-order valence-corrected chi connectivity index (χ2v) is 13.6. The van der Waals surface area contributed by atoms with Crippen LogP contribution in [0.2, 0.25) is 5.02 Å². The van der Waals surface area contributed by atoms with Crippen LogP contribution in [0.1, 0.15) is 43.7 Å².